The summed E-state index contributed by atoms with van der Waals surface area (Å²) in [6.07, 6.45) is 0. The number of hydrogen-bond donors (Lipinski definition) is 0. The molecule has 0 aliphatic heterocycles. The second kappa shape index (κ2) is 7.34. The maximum Gasteiger partial charge on any atom is 0.135 e. The summed E-state index contributed by atoms with van der Waals surface area (Å²) in [6.45, 7) is 7.10. The van der Waals surface area contributed by atoms with Crippen LogP contribution in [-0.2, 0) is 22.1 Å². The molecule has 3 rings (SSSR count). The van der Waals surface area contributed by atoms with Gasteiger partial charge in [-0.3, -0.25) is 4.21 Å². The van der Waals surface area contributed by atoms with E-state index in [2.05, 4.69) is 13.8 Å². The number of benzene rings is 2. The molecule has 4 atom stereocenters. The number of aryl methyl sites for hydroxylation is 1. The number of halogens is 1. The lowest BCUT2D eigenvalue weighted by Gasteiger charge is -2.17. The summed E-state index contributed by atoms with van der Waals surface area (Å²) in [5.41, 5.74) is 1.89. The molecule has 26 heavy (non-hydrogen) atoms. The highest BCUT2D eigenvalue weighted by atomic mass is 35.5. The monoisotopic (exact) mass is 392 g/mol. The Hall–Kier alpha value is -1.36. The Bertz CT molecular complexity index is 790. The molecule has 1 aliphatic rings. The quantitative estimate of drug-likeness (QED) is 0.627. The third-order valence-electron chi connectivity index (χ3n) is 5.54. The average molecular weight is 393 g/mol. The lowest BCUT2D eigenvalue weighted by atomic mass is 10.1. The number of alkyl halides is 1. The summed E-state index contributed by atoms with van der Waals surface area (Å²) in [7, 11) is 0.367. The van der Waals surface area contributed by atoms with Gasteiger partial charge in [0.2, 0.25) is 0 Å². The predicted molar refractivity (Wildman–Crippen MR) is 106 cm³/mol. The van der Waals surface area contributed by atoms with E-state index >= 15 is 0 Å². The Balaban J connectivity index is 1.63. The van der Waals surface area contributed by atoms with Gasteiger partial charge in [0.25, 0.3) is 0 Å². The fourth-order valence-electron chi connectivity index (χ4n) is 3.35. The summed E-state index contributed by atoms with van der Waals surface area (Å²) >= 11 is 6.85. The fraction of sp³-hybridized carbons (Fsp3) is 0.429. The molecule has 0 saturated heterocycles. The molecule has 2 aromatic carbocycles. The van der Waals surface area contributed by atoms with Gasteiger partial charge in [-0.25, -0.2) is 0 Å². The van der Waals surface area contributed by atoms with Gasteiger partial charge in [0.15, 0.2) is 0 Å². The molecule has 140 valence electrons. The maximum absolute atomic E-state index is 13.1. The zero-order valence-electron chi connectivity index (χ0n) is 15.6. The van der Waals surface area contributed by atoms with Crippen LogP contribution in [0.2, 0.25) is 0 Å². The first-order valence-corrected chi connectivity index (χ1v) is 10.2. The van der Waals surface area contributed by atoms with Crippen LogP contribution in [-0.4, -0.2) is 22.1 Å². The van der Waals surface area contributed by atoms with Crippen molar-refractivity contribution in [1.82, 2.24) is 0 Å². The van der Waals surface area contributed by atoms with Crippen LogP contribution in [0.3, 0.4) is 0 Å². The van der Waals surface area contributed by atoms with Crippen molar-refractivity contribution >= 4 is 22.4 Å². The molecule has 1 saturated carbocycles. The largest absolute Gasteiger partial charge is 0.497 e. The molecule has 1 fully saturated rings. The van der Waals surface area contributed by atoms with Crippen LogP contribution in [0.15, 0.2) is 53.4 Å². The number of rotatable bonds is 7. The van der Waals surface area contributed by atoms with Crippen molar-refractivity contribution in [2.24, 2.45) is 11.3 Å². The van der Waals surface area contributed by atoms with Crippen LogP contribution in [0.1, 0.15) is 25.0 Å². The van der Waals surface area contributed by atoms with Crippen molar-refractivity contribution in [3.8, 4) is 5.75 Å². The highest BCUT2D eigenvalue weighted by Crippen LogP contribution is 2.68. The second-order valence-corrected chi connectivity index (χ2v) is 9.68. The normalized spacial score (nSPS) is 28.6. The van der Waals surface area contributed by atoms with E-state index in [1.165, 1.54) is 0 Å². The van der Waals surface area contributed by atoms with Crippen molar-refractivity contribution in [3.63, 3.8) is 0 Å². The van der Waals surface area contributed by atoms with Gasteiger partial charge in [0.1, 0.15) is 9.96 Å². The average Bonchev–Trinajstić information content (AvgIpc) is 3.09. The zero-order valence-corrected chi connectivity index (χ0v) is 17.2. The van der Waals surface area contributed by atoms with Gasteiger partial charge >= 0.3 is 0 Å². The second-order valence-electron chi connectivity index (χ2n) is 7.21. The minimum Gasteiger partial charge on any atom is -0.497 e. The van der Waals surface area contributed by atoms with Crippen molar-refractivity contribution in [1.29, 1.82) is 0 Å². The van der Waals surface area contributed by atoms with Crippen LogP contribution in [0.5, 0.6) is 5.75 Å². The standard InChI is InChI=1S/C21H25ClO3S/c1-15-5-11-19(12-6-15)26(23)21(22)16(2)20(21,3)14-25-13-17-7-9-18(24-4)10-8-17/h5-12,16H,13-14H2,1-4H3/t16-,20-,21+,26?/m0/s1. The zero-order chi connectivity index (χ0) is 18.9. The molecular formula is C21H25ClO3S. The van der Waals surface area contributed by atoms with Gasteiger partial charge in [-0.2, -0.15) is 0 Å². The number of hydrogen-bond acceptors (Lipinski definition) is 3. The molecule has 0 radical (unpaired) electrons. The van der Waals surface area contributed by atoms with E-state index in [0.29, 0.717) is 13.2 Å². The molecule has 1 aliphatic carbocycles. The Labute approximate surface area is 163 Å². The third kappa shape index (κ3) is 3.30. The Kier molecular flexibility index (Phi) is 5.48. The van der Waals surface area contributed by atoms with Gasteiger partial charge < -0.3 is 9.47 Å². The van der Waals surface area contributed by atoms with Crippen LogP contribution in [0.4, 0.5) is 0 Å². The van der Waals surface area contributed by atoms with E-state index < -0.39 is 15.0 Å². The van der Waals surface area contributed by atoms with Crippen molar-refractivity contribution in [3.05, 3.63) is 59.7 Å². The van der Waals surface area contributed by atoms with Gasteiger partial charge in [-0.15, -0.1) is 11.6 Å². The Morgan fingerprint density at radius 2 is 1.73 bits per heavy atom. The fourth-order valence-corrected chi connectivity index (χ4v) is 5.93. The van der Waals surface area contributed by atoms with E-state index in [0.717, 1.165) is 21.8 Å². The smallest absolute Gasteiger partial charge is 0.135 e. The summed E-state index contributed by atoms with van der Waals surface area (Å²) < 4.78 is 23.4. The lowest BCUT2D eigenvalue weighted by molar-refractivity contribution is 0.0787. The van der Waals surface area contributed by atoms with E-state index in [1.807, 2.05) is 55.5 Å². The SMILES string of the molecule is COc1ccc(COC[C@@]2(C)[C@H](C)[C@@]2(Cl)S(=O)c2ccc(C)cc2)cc1. The lowest BCUT2D eigenvalue weighted by Crippen LogP contribution is -2.22. The summed E-state index contributed by atoms with van der Waals surface area (Å²) in [5.74, 6) is 0.930. The molecule has 5 heteroatoms. The van der Waals surface area contributed by atoms with E-state index in [9.17, 15) is 4.21 Å². The summed E-state index contributed by atoms with van der Waals surface area (Å²) in [5, 5.41) is 0. The minimum atomic E-state index is -1.28. The molecule has 0 aromatic heterocycles. The van der Waals surface area contributed by atoms with Gasteiger partial charge in [0.05, 0.1) is 31.1 Å². The minimum absolute atomic E-state index is 0.106. The first-order valence-electron chi connectivity index (χ1n) is 8.71. The molecule has 2 aromatic rings. The Morgan fingerprint density at radius 1 is 1.12 bits per heavy atom. The van der Waals surface area contributed by atoms with E-state index in [1.54, 1.807) is 7.11 Å². The van der Waals surface area contributed by atoms with Gasteiger partial charge in [-0.1, -0.05) is 43.7 Å². The van der Waals surface area contributed by atoms with Crippen LogP contribution >= 0.6 is 11.6 Å². The summed E-state index contributed by atoms with van der Waals surface area (Å²) in [6, 6.07) is 15.5. The molecule has 0 amide bonds. The highest BCUT2D eigenvalue weighted by Gasteiger charge is 2.74. The first-order chi connectivity index (χ1) is 12.3. The molecule has 0 spiro atoms. The van der Waals surface area contributed by atoms with E-state index in [-0.39, 0.29) is 11.3 Å². The van der Waals surface area contributed by atoms with Crippen molar-refractivity contribution < 1.29 is 13.7 Å². The molecular weight excluding hydrogens is 368 g/mol. The maximum atomic E-state index is 13.1. The number of ether oxygens (including phenoxy) is 2. The summed E-state index contributed by atoms with van der Waals surface area (Å²) in [4.78, 5) is 0.774. The number of methoxy groups -OCH3 is 1. The highest BCUT2D eigenvalue weighted by molar-refractivity contribution is 7.88. The third-order valence-corrected chi connectivity index (χ3v) is 8.78. The van der Waals surface area contributed by atoms with Crippen LogP contribution in [0.25, 0.3) is 0 Å². The molecule has 0 heterocycles. The van der Waals surface area contributed by atoms with Crippen LogP contribution < -0.4 is 4.74 Å². The van der Waals surface area contributed by atoms with Crippen molar-refractivity contribution in [2.75, 3.05) is 13.7 Å². The van der Waals surface area contributed by atoms with Gasteiger partial charge in [-0.05, 0) is 42.7 Å². The predicted octanol–water partition coefficient (Wildman–Crippen LogP) is 4.92. The van der Waals surface area contributed by atoms with Crippen molar-refractivity contribution in [2.45, 2.75) is 36.5 Å². The molecule has 3 nitrogen and oxygen atoms in total. The molecule has 1 unspecified atom stereocenters. The Morgan fingerprint density at radius 3 is 2.31 bits per heavy atom. The van der Waals surface area contributed by atoms with Gasteiger partial charge in [0, 0.05) is 10.3 Å². The molecule has 0 N–H and O–H groups in total. The first kappa shape index (κ1) is 19.4. The van der Waals surface area contributed by atoms with E-state index in [4.69, 9.17) is 21.1 Å². The molecule has 0 bridgehead atoms. The van der Waals surface area contributed by atoms with Crippen LogP contribution in [0, 0.1) is 18.3 Å². The topological polar surface area (TPSA) is 35.5 Å².